The van der Waals surface area contributed by atoms with E-state index in [9.17, 15) is 4.79 Å². The summed E-state index contributed by atoms with van der Waals surface area (Å²) in [4.78, 5) is 16.7. The maximum absolute atomic E-state index is 10.2. The van der Waals surface area contributed by atoms with E-state index in [-0.39, 0.29) is 0 Å². The van der Waals surface area contributed by atoms with Crippen molar-refractivity contribution in [2.45, 2.75) is 12.5 Å². The van der Waals surface area contributed by atoms with E-state index in [2.05, 4.69) is 15.2 Å². The van der Waals surface area contributed by atoms with Crippen LogP contribution in [0.3, 0.4) is 0 Å². The third kappa shape index (κ3) is 2.30. The Balaban J connectivity index is 2.02. The molecule has 0 aliphatic carbocycles. The van der Waals surface area contributed by atoms with Crippen molar-refractivity contribution in [3.63, 3.8) is 0 Å². The molecule has 16 heavy (non-hydrogen) atoms. The second-order valence-electron chi connectivity index (χ2n) is 3.76. The zero-order valence-electron chi connectivity index (χ0n) is 9.22. The lowest BCUT2D eigenvalue weighted by molar-refractivity contribution is -0.105. The molecular weight excluding hydrogens is 206 g/mol. The van der Waals surface area contributed by atoms with Crippen LogP contribution in [0.5, 0.6) is 0 Å². The number of ether oxygens (including phenoxy) is 1. The molecule has 1 amide bonds. The number of amides is 1. The quantitative estimate of drug-likeness (QED) is 0.767. The van der Waals surface area contributed by atoms with E-state index in [1.807, 2.05) is 12.1 Å². The summed E-state index contributed by atoms with van der Waals surface area (Å²) in [5.41, 5.74) is 0.709. The summed E-state index contributed by atoms with van der Waals surface area (Å²) < 4.78 is 5.30. The average Bonchev–Trinajstić information content (AvgIpc) is 2.79. The third-order valence-electron chi connectivity index (χ3n) is 2.78. The molecule has 1 fully saturated rings. The Bertz CT molecular complexity index is 353. The maximum atomic E-state index is 10.2. The molecule has 1 aliphatic rings. The van der Waals surface area contributed by atoms with Gasteiger partial charge in [0, 0.05) is 20.2 Å². The predicted molar refractivity (Wildman–Crippen MR) is 61.6 cm³/mol. The van der Waals surface area contributed by atoms with E-state index in [1.54, 1.807) is 13.3 Å². The monoisotopic (exact) mass is 221 g/mol. The minimum Gasteiger partial charge on any atom is -0.380 e. The first kappa shape index (κ1) is 10.9. The number of carbonyl (C=O) groups excluding carboxylic acids is 1. The van der Waals surface area contributed by atoms with Crippen LogP contribution in [-0.4, -0.2) is 37.7 Å². The molecule has 1 aromatic heterocycles. The molecule has 2 rings (SSSR count). The molecule has 0 spiro atoms. The van der Waals surface area contributed by atoms with Gasteiger partial charge in [-0.15, -0.1) is 0 Å². The van der Waals surface area contributed by atoms with Crippen molar-refractivity contribution in [1.29, 1.82) is 0 Å². The van der Waals surface area contributed by atoms with Gasteiger partial charge in [0.25, 0.3) is 0 Å². The van der Waals surface area contributed by atoms with Gasteiger partial charge in [-0.25, -0.2) is 4.98 Å². The molecule has 0 saturated carbocycles. The summed E-state index contributed by atoms with van der Waals surface area (Å²) in [7, 11) is 1.73. The van der Waals surface area contributed by atoms with E-state index >= 15 is 0 Å². The summed E-state index contributed by atoms with van der Waals surface area (Å²) in [6.07, 6.45) is 3.64. The SMILES string of the molecule is COC1CCN(c2ccc(NC=O)cn2)C1. The molecule has 5 nitrogen and oxygen atoms in total. The van der Waals surface area contributed by atoms with Crippen LogP contribution in [0.15, 0.2) is 18.3 Å². The highest BCUT2D eigenvalue weighted by atomic mass is 16.5. The first-order valence-electron chi connectivity index (χ1n) is 5.27. The fourth-order valence-electron chi connectivity index (χ4n) is 1.86. The van der Waals surface area contributed by atoms with E-state index < -0.39 is 0 Å². The molecule has 1 N–H and O–H groups in total. The number of nitrogens with one attached hydrogen (secondary N) is 1. The number of carbonyl (C=O) groups is 1. The molecular formula is C11H15N3O2. The zero-order chi connectivity index (χ0) is 11.4. The van der Waals surface area contributed by atoms with Gasteiger partial charge in [0.15, 0.2) is 0 Å². The standard InChI is InChI=1S/C11H15N3O2/c1-16-10-4-5-14(7-10)11-3-2-9(6-12-11)13-8-15/h2-3,6,8,10H,4-5,7H2,1H3,(H,13,15). The Morgan fingerprint density at radius 2 is 2.50 bits per heavy atom. The number of rotatable bonds is 4. The predicted octanol–water partition coefficient (Wildman–Crippen LogP) is 0.875. The van der Waals surface area contributed by atoms with Crippen LogP contribution in [0.2, 0.25) is 0 Å². The fraction of sp³-hybridized carbons (Fsp3) is 0.455. The lowest BCUT2D eigenvalue weighted by atomic mass is 10.3. The van der Waals surface area contributed by atoms with Crippen molar-refractivity contribution in [2.24, 2.45) is 0 Å². The van der Waals surface area contributed by atoms with Gasteiger partial charge in [-0.2, -0.15) is 0 Å². The van der Waals surface area contributed by atoms with Gasteiger partial charge in [-0.05, 0) is 18.6 Å². The molecule has 2 heterocycles. The van der Waals surface area contributed by atoms with Crippen molar-refractivity contribution < 1.29 is 9.53 Å². The van der Waals surface area contributed by atoms with Gasteiger partial charge >= 0.3 is 0 Å². The van der Waals surface area contributed by atoms with Crippen molar-refractivity contribution in [3.05, 3.63) is 18.3 Å². The van der Waals surface area contributed by atoms with Crippen LogP contribution in [0.25, 0.3) is 0 Å². The lowest BCUT2D eigenvalue weighted by Crippen LogP contribution is -2.22. The molecule has 0 aromatic carbocycles. The minimum atomic E-state index is 0.301. The second-order valence-corrected chi connectivity index (χ2v) is 3.76. The first-order valence-corrected chi connectivity index (χ1v) is 5.27. The fourth-order valence-corrected chi connectivity index (χ4v) is 1.86. The van der Waals surface area contributed by atoms with Crippen molar-refractivity contribution in [3.8, 4) is 0 Å². The normalized spacial score (nSPS) is 19.8. The Morgan fingerprint density at radius 3 is 3.06 bits per heavy atom. The maximum Gasteiger partial charge on any atom is 0.211 e. The minimum absolute atomic E-state index is 0.301. The molecule has 1 unspecified atom stereocenters. The van der Waals surface area contributed by atoms with Crippen molar-refractivity contribution >= 4 is 17.9 Å². The third-order valence-corrected chi connectivity index (χ3v) is 2.78. The van der Waals surface area contributed by atoms with Crippen LogP contribution < -0.4 is 10.2 Å². The van der Waals surface area contributed by atoms with Crippen molar-refractivity contribution in [1.82, 2.24) is 4.98 Å². The van der Waals surface area contributed by atoms with E-state index in [0.717, 1.165) is 25.3 Å². The van der Waals surface area contributed by atoms with Gasteiger partial charge in [-0.1, -0.05) is 0 Å². The first-order chi connectivity index (χ1) is 7.83. The van der Waals surface area contributed by atoms with Gasteiger partial charge in [-0.3, -0.25) is 4.79 Å². The van der Waals surface area contributed by atoms with Crippen LogP contribution in [0, 0.1) is 0 Å². The number of anilines is 2. The Morgan fingerprint density at radius 1 is 1.62 bits per heavy atom. The molecule has 86 valence electrons. The largest absolute Gasteiger partial charge is 0.380 e. The van der Waals surface area contributed by atoms with Crippen LogP contribution >= 0.6 is 0 Å². The summed E-state index contributed by atoms with van der Waals surface area (Å²) in [5, 5.41) is 2.56. The molecule has 0 radical (unpaired) electrons. The van der Waals surface area contributed by atoms with E-state index in [1.165, 1.54) is 0 Å². The highest BCUT2D eigenvalue weighted by Gasteiger charge is 2.22. The topological polar surface area (TPSA) is 54.5 Å². The van der Waals surface area contributed by atoms with E-state index in [0.29, 0.717) is 18.2 Å². The number of pyridine rings is 1. The van der Waals surface area contributed by atoms with Gasteiger partial charge in [0.1, 0.15) is 5.82 Å². The number of methoxy groups -OCH3 is 1. The Labute approximate surface area is 94.4 Å². The summed E-state index contributed by atoms with van der Waals surface area (Å²) >= 11 is 0. The summed E-state index contributed by atoms with van der Waals surface area (Å²) in [6, 6.07) is 3.75. The van der Waals surface area contributed by atoms with Gasteiger partial charge < -0.3 is 15.0 Å². The molecule has 1 saturated heterocycles. The van der Waals surface area contributed by atoms with Crippen LogP contribution in [-0.2, 0) is 9.53 Å². The molecule has 0 bridgehead atoms. The molecule has 1 aromatic rings. The number of aromatic nitrogens is 1. The average molecular weight is 221 g/mol. The summed E-state index contributed by atoms with van der Waals surface area (Å²) in [5.74, 6) is 0.927. The highest BCUT2D eigenvalue weighted by molar-refractivity contribution is 5.71. The zero-order valence-corrected chi connectivity index (χ0v) is 9.22. The molecule has 1 aliphatic heterocycles. The Kier molecular flexibility index (Phi) is 3.36. The summed E-state index contributed by atoms with van der Waals surface area (Å²) in [6.45, 7) is 1.84. The van der Waals surface area contributed by atoms with Crippen molar-refractivity contribution in [2.75, 3.05) is 30.4 Å². The van der Waals surface area contributed by atoms with Gasteiger partial charge in [0.05, 0.1) is 18.0 Å². The highest BCUT2D eigenvalue weighted by Crippen LogP contribution is 2.20. The van der Waals surface area contributed by atoms with Crippen LogP contribution in [0.1, 0.15) is 6.42 Å². The number of nitrogens with zero attached hydrogens (tertiary/aromatic N) is 2. The van der Waals surface area contributed by atoms with Crippen LogP contribution in [0.4, 0.5) is 11.5 Å². The van der Waals surface area contributed by atoms with E-state index in [4.69, 9.17) is 4.74 Å². The second kappa shape index (κ2) is 4.94. The Hall–Kier alpha value is -1.62. The lowest BCUT2D eigenvalue weighted by Gasteiger charge is -2.17. The smallest absolute Gasteiger partial charge is 0.211 e. The molecule has 5 heteroatoms. The number of hydrogen-bond acceptors (Lipinski definition) is 4. The number of hydrogen-bond donors (Lipinski definition) is 1. The molecule has 1 atom stereocenters. The van der Waals surface area contributed by atoms with Gasteiger partial charge in [0.2, 0.25) is 6.41 Å².